The van der Waals surface area contributed by atoms with E-state index in [4.69, 9.17) is 4.74 Å². The second-order valence-electron chi connectivity index (χ2n) is 4.06. The molecule has 1 rings (SSSR count). The summed E-state index contributed by atoms with van der Waals surface area (Å²) in [6.07, 6.45) is 4.05. The zero-order valence-electron chi connectivity index (χ0n) is 9.79. The molecule has 0 aromatic heterocycles. The Labute approximate surface area is 91.3 Å². The molecule has 1 unspecified atom stereocenters. The van der Waals surface area contributed by atoms with Crippen LogP contribution in [0.1, 0.15) is 32.6 Å². The van der Waals surface area contributed by atoms with Crippen LogP contribution < -0.4 is 5.32 Å². The zero-order valence-corrected chi connectivity index (χ0v) is 9.79. The van der Waals surface area contributed by atoms with Gasteiger partial charge in [0.2, 0.25) is 0 Å². The Morgan fingerprint density at radius 2 is 1.93 bits per heavy atom. The highest BCUT2D eigenvalue weighted by Gasteiger charge is 2.24. The number of hydrogen-bond donors (Lipinski definition) is 1. The van der Waals surface area contributed by atoms with Gasteiger partial charge in [-0.3, -0.25) is 0 Å². The highest BCUT2D eigenvalue weighted by molar-refractivity contribution is 5.73. The number of rotatable bonds is 4. The average Bonchev–Trinajstić information content (AvgIpc) is 2.29. The number of ether oxygens (including phenoxy) is 2. The maximum Gasteiger partial charge on any atom is 0.334 e. The van der Waals surface area contributed by atoms with Crippen molar-refractivity contribution < 1.29 is 14.3 Å². The highest BCUT2D eigenvalue weighted by Crippen LogP contribution is 2.22. The zero-order chi connectivity index (χ0) is 11.3. The van der Waals surface area contributed by atoms with E-state index in [1.165, 1.54) is 7.11 Å². The first-order valence-corrected chi connectivity index (χ1v) is 5.58. The number of esters is 1. The third kappa shape index (κ3) is 3.80. The molecule has 1 aliphatic carbocycles. The van der Waals surface area contributed by atoms with E-state index in [9.17, 15) is 4.79 Å². The summed E-state index contributed by atoms with van der Waals surface area (Å²) in [5.41, 5.74) is 0. The molecule has 0 saturated heterocycles. The Kier molecular flexibility index (Phi) is 5.05. The van der Waals surface area contributed by atoms with Crippen molar-refractivity contribution in [2.24, 2.45) is 0 Å². The molecule has 88 valence electrons. The largest absolute Gasteiger partial charge is 0.467 e. The molecule has 15 heavy (non-hydrogen) atoms. The van der Waals surface area contributed by atoms with E-state index < -0.39 is 6.10 Å². The Bertz CT molecular complexity index is 200. The summed E-state index contributed by atoms with van der Waals surface area (Å²) in [5, 5.41) is 3.26. The van der Waals surface area contributed by atoms with Gasteiger partial charge in [0.15, 0.2) is 6.10 Å². The standard InChI is InChI=1S/C11H21NO3/c1-8(11(13)14-3)15-10-6-4-9(12-2)5-7-10/h8-10,12H,4-7H2,1-3H3. The smallest absolute Gasteiger partial charge is 0.334 e. The molecule has 0 aromatic rings. The fraction of sp³-hybridized carbons (Fsp3) is 0.909. The van der Waals surface area contributed by atoms with E-state index in [0.717, 1.165) is 25.7 Å². The van der Waals surface area contributed by atoms with Crippen LogP contribution in [0, 0.1) is 0 Å². The van der Waals surface area contributed by atoms with Gasteiger partial charge >= 0.3 is 5.97 Å². The van der Waals surface area contributed by atoms with Crippen LogP contribution in [0.3, 0.4) is 0 Å². The summed E-state index contributed by atoms with van der Waals surface area (Å²) in [6, 6.07) is 0.610. The summed E-state index contributed by atoms with van der Waals surface area (Å²) >= 11 is 0. The fourth-order valence-electron chi connectivity index (χ4n) is 2.00. The minimum Gasteiger partial charge on any atom is -0.467 e. The van der Waals surface area contributed by atoms with Gasteiger partial charge in [0.05, 0.1) is 13.2 Å². The minimum absolute atomic E-state index is 0.212. The Morgan fingerprint density at radius 3 is 2.40 bits per heavy atom. The number of hydrogen-bond acceptors (Lipinski definition) is 4. The van der Waals surface area contributed by atoms with Gasteiger partial charge in [-0.25, -0.2) is 4.79 Å². The van der Waals surface area contributed by atoms with Gasteiger partial charge in [0, 0.05) is 6.04 Å². The molecule has 1 fully saturated rings. The van der Waals surface area contributed by atoms with Crippen LogP contribution in [0.25, 0.3) is 0 Å². The average molecular weight is 215 g/mol. The first-order chi connectivity index (χ1) is 7.17. The van der Waals surface area contributed by atoms with Crippen LogP contribution in [0.2, 0.25) is 0 Å². The Hall–Kier alpha value is -0.610. The molecule has 4 heteroatoms. The third-order valence-corrected chi connectivity index (χ3v) is 3.01. The minimum atomic E-state index is -0.439. The van der Waals surface area contributed by atoms with Gasteiger partial charge in [0.25, 0.3) is 0 Å². The normalized spacial score (nSPS) is 28.5. The number of carbonyl (C=O) groups is 1. The second-order valence-corrected chi connectivity index (χ2v) is 4.06. The Balaban J connectivity index is 2.26. The number of nitrogens with one attached hydrogen (secondary N) is 1. The summed E-state index contributed by atoms with van der Waals surface area (Å²) in [6.45, 7) is 1.75. The summed E-state index contributed by atoms with van der Waals surface area (Å²) in [5.74, 6) is -0.286. The van der Waals surface area contributed by atoms with Gasteiger partial charge in [-0.1, -0.05) is 0 Å². The lowest BCUT2D eigenvalue weighted by Gasteiger charge is -2.29. The molecule has 1 saturated carbocycles. The maximum atomic E-state index is 11.1. The van der Waals surface area contributed by atoms with E-state index >= 15 is 0 Å². The third-order valence-electron chi connectivity index (χ3n) is 3.01. The fourth-order valence-corrected chi connectivity index (χ4v) is 2.00. The van der Waals surface area contributed by atoms with Gasteiger partial charge in [0.1, 0.15) is 0 Å². The monoisotopic (exact) mass is 215 g/mol. The van der Waals surface area contributed by atoms with Crippen molar-refractivity contribution in [3.05, 3.63) is 0 Å². The van der Waals surface area contributed by atoms with Crippen LogP contribution in [0.4, 0.5) is 0 Å². The molecular formula is C11H21NO3. The number of methoxy groups -OCH3 is 1. The molecule has 0 radical (unpaired) electrons. The summed E-state index contributed by atoms with van der Waals surface area (Å²) in [7, 11) is 3.38. The molecule has 1 atom stereocenters. The maximum absolute atomic E-state index is 11.1. The molecule has 1 N–H and O–H groups in total. The molecule has 0 aliphatic heterocycles. The van der Waals surface area contributed by atoms with Crippen LogP contribution in [0.15, 0.2) is 0 Å². The summed E-state index contributed by atoms with van der Waals surface area (Å²) < 4.78 is 10.3. The van der Waals surface area contributed by atoms with E-state index in [0.29, 0.717) is 6.04 Å². The number of carbonyl (C=O) groups excluding carboxylic acids is 1. The molecule has 0 amide bonds. The SMILES string of the molecule is CNC1CCC(OC(C)C(=O)OC)CC1. The Morgan fingerprint density at radius 1 is 1.33 bits per heavy atom. The van der Waals surface area contributed by atoms with E-state index in [-0.39, 0.29) is 12.1 Å². The van der Waals surface area contributed by atoms with Gasteiger partial charge in [-0.15, -0.1) is 0 Å². The lowest BCUT2D eigenvalue weighted by molar-refractivity contribution is -0.157. The quantitative estimate of drug-likeness (QED) is 0.713. The molecule has 0 aromatic carbocycles. The van der Waals surface area contributed by atoms with Crippen LogP contribution in [0.5, 0.6) is 0 Å². The van der Waals surface area contributed by atoms with Gasteiger partial charge in [-0.05, 0) is 39.7 Å². The topological polar surface area (TPSA) is 47.6 Å². The second kappa shape index (κ2) is 6.08. The van der Waals surface area contributed by atoms with Crippen molar-refractivity contribution in [1.82, 2.24) is 5.32 Å². The van der Waals surface area contributed by atoms with Gasteiger partial charge < -0.3 is 14.8 Å². The molecule has 0 bridgehead atoms. The first kappa shape index (κ1) is 12.5. The molecular weight excluding hydrogens is 194 g/mol. The van der Waals surface area contributed by atoms with Crippen LogP contribution >= 0.6 is 0 Å². The van der Waals surface area contributed by atoms with Crippen molar-refractivity contribution in [2.45, 2.75) is 50.9 Å². The van der Waals surface area contributed by atoms with Crippen molar-refractivity contribution in [3.63, 3.8) is 0 Å². The van der Waals surface area contributed by atoms with Crippen molar-refractivity contribution in [1.29, 1.82) is 0 Å². The molecule has 0 heterocycles. The highest BCUT2D eigenvalue weighted by atomic mass is 16.6. The van der Waals surface area contributed by atoms with Crippen molar-refractivity contribution >= 4 is 5.97 Å². The van der Waals surface area contributed by atoms with E-state index in [1.807, 2.05) is 7.05 Å². The predicted molar refractivity (Wildman–Crippen MR) is 57.7 cm³/mol. The molecule has 1 aliphatic rings. The molecule has 4 nitrogen and oxygen atoms in total. The summed E-state index contributed by atoms with van der Waals surface area (Å²) in [4.78, 5) is 11.1. The lowest BCUT2D eigenvalue weighted by Crippen LogP contribution is -2.35. The van der Waals surface area contributed by atoms with Gasteiger partial charge in [-0.2, -0.15) is 0 Å². The first-order valence-electron chi connectivity index (χ1n) is 5.58. The van der Waals surface area contributed by atoms with Crippen molar-refractivity contribution in [2.75, 3.05) is 14.2 Å². The van der Waals surface area contributed by atoms with Crippen LogP contribution in [-0.4, -0.2) is 38.4 Å². The van der Waals surface area contributed by atoms with E-state index in [2.05, 4.69) is 10.1 Å². The predicted octanol–water partition coefficient (Wildman–Crippen LogP) is 1.10. The van der Waals surface area contributed by atoms with E-state index in [1.54, 1.807) is 6.92 Å². The van der Waals surface area contributed by atoms with Crippen molar-refractivity contribution in [3.8, 4) is 0 Å². The molecule has 0 spiro atoms. The lowest BCUT2D eigenvalue weighted by atomic mass is 9.93. The van der Waals surface area contributed by atoms with Crippen LogP contribution in [-0.2, 0) is 14.3 Å².